The van der Waals surface area contributed by atoms with Crippen molar-refractivity contribution < 1.29 is 4.79 Å². The van der Waals surface area contributed by atoms with Gasteiger partial charge < -0.3 is 10.6 Å². The van der Waals surface area contributed by atoms with Crippen LogP contribution in [0.25, 0.3) is 0 Å². The highest BCUT2D eigenvalue weighted by Crippen LogP contribution is 2.24. The van der Waals surface area contributed by atoms with Crippen molar-refractivity contribution in [3.8, 4) is 0 Å². The fraction of sp³-hybridized carbons (Fsp3) is 0.188. The normalized spacial score (nSPS) is 10.0. The number of aryl methyl sites for hydroxylation is 1. The van der Waals surface area contributed by atoms with Crippen LogP contribution in [0.15, 0.2) is 42.5 Å². The lowest BCUT2D eigenvalue weighted by atomic mass is 10.1. The minimum Gasteiger partial charge on any atom is -0.329 e. The minimum atomic E-state index is -0.189. The van der Waals surface area contributed by atoms with E-state index in [0.717, 1.165) is 11.3 Å². The molecular formula is C16H17Cl3N2O. The van der Waals surface area contributed by atoms with Gasteiger partial charge in [-0.1, -0.05) is 40.9 Å². The lowest BCUT2D eigenvalue weighted by Crippen LogP contribution is -2.35. The standard InChI is InChI=1S/C16H16Cl2N2O.ClH/c1-11-2-5-13(6-3-11)20(9-8-19)16(21)14-7-4-12(17)10-15(14)18;/h2-7,10H,8-9,19H2,1H3;1H. The zero-order valence-corrected chi connectivity index (χ0v) is 14.4. The van der Waals surface area contributed by atoms with Crippen LogP contribution in [0.2, 0.25) is 10.0 Å². The molecule has 0 saturated carbocycles. The monoisotopic (exact) mass is 358 g/mol. The number of nitrogens with two attached hydrogens (primary N) is 1. The molecule has 0 aliphatic carbocycles. The van der Waals surface area contributed by atoms with E-state index >= 15 is 0 Å². The van der Waals surface area contributed by atoms with Crippen molar-refractivity contribution in [3.05, 3.63) is 63.6 Å². The van der Waals surface area contributed by atoms with Crippen molar-refractivity contribution >= 4 is 47.2 Å². The van der Waals surface area contributed by atoms with Crippen LogP contribution in [-0.4, -0.2) is 19.0 Å². The average Bonchev–Trinajstić information content (AvgIpc) is 2.45. The number of rotatable bonds is 4. The molecule has 2 N–H and O–H groups in total. The van der Waals surface area contributed by atoms with Gasteiger partial charge in [0.2, 0.25) is 0 Å². The predicted molar refractivity (Wildman–Crippen MR) is 95.6 cm³/mol. The minimum absolute atomic E-state index is 0. The maximum atomic E-state index is 12.7. The lowest BCUT2D eigenvalue weighted by molar-refractivity contribution is 0.0988. The molecular weight excluding hydrogens is 343 g/mol. The second-order valence-corrected chi connectivity index (χ2v) is 5.55. The number of halogens is 3. The number of benzene rings is 2. The largest absolute Gasteiger partial charge is 0.329 e. The highest BCUT2D eigenvalue weighted by molar-refractivity contribution is 6.37. The summed E-state index contributed by atoms with van der Waals surface area (Å²) < 4.78 is 0. The Labute approximate surface area is 146 Å². The van der Waals surface area contributed by atoms with E-state index in [4.69, 9.17) is 28.9 Å². The molecule has 0 spiro atoms. The van der Waals surface area contributed by atoms with Gasteiger partial charge >= 0.3 is 0 Å². The van der Waals surface area contributed by atoms with E-state index in [1.807, 2.05) is 31.2 Å². The molecule has 118 valence electrons. The summed E-state index contributed by atoms with van der Waals surface area (Å²) in [6.45, 7) is 2.78. The van der Waals surface area contributed by atoms with Crippen LogP contribution in [0.5, 0.6) is 0 Å². The maximum absolute atomic E-state index is 12.7. The molecule has 0 heterocycles. The first-order valence-corrected chi connectivity index (χ1v) is 7.32. The number of carbonyl (C=O) groups excluding carboxylic acids is 1. The first-order valence-electron chi connectivity index (χ1n) is 6.56. The molecule has 0 saturated heterocycles. The third-order valence-corrected chi connectivity index (χ3v) is 3.65. The molecule has 0 atom stereocenters. The van der Waals surface area contributed by atoms with Crippen LogP contribution < -0.4 is 10.6 Å². The van der Waals surface area contributed by atoms with Crippen molar-refractivity contribution in [2.75, 3.05) is 18.0 Å². The van der Waals surface area contributed by atoms with Gasteiger partial charge in [0.25, 0.3) is 5.91 Å². The number of hydrogen-bond donors (Lipinski definition) is 1. The van der Waals surface area contributed by atoms with Crippen LogP contribution in [0.1, 0.15) is 15.9 Å². The van der Waals surface area contributed by atoms with Crippen molar-refractivity contribution in [1.82, 2.24) is 0 Å². The van der Waals surface area contributed by atoms with Crippen LogP contribution >= 0.6 is 35.6 Å². The Morgan fingerprint density at radius 3 is 2.32 bits per heavy atom. The number of amides is 1. The number of hydrogen-bond acceptors (Lipinski definition) is 2. The van der Waals surface area contributed by atoms with Gasteiger partial charge in [-0.2, -0.15) is 0 Å². The molecule has 0 aliphatic rings. The molecule has 2 rings (SSSR count). The molecule has 6 heteroatoms. The smallest absolute Gasteiger partial charge is 0.259 e. The fourth-order valence-electron chi connectivity index (χ4n) is 2.01. The Morgan fingerprint density at radius 2 is 1.77 bits per heavy atom. The SMILES string of the molecule is Cc1ccc(N(CCN)C(=O)c2ccc(Cl)cc2Cl)cc1.Cl. The van der Waals surface area contributed by atoms with Gasteiger partial charge in [0.1, 0.15) is 0 Å². The van der Waals surface area contributed by atoms with Gasteiger partial charge in [-0.15, -0.1) is 12.4 Å². The highest BCUT2D eigenvalue weighted by atomic mass is 35.5. The molecule has 0 aromatic heterocycles. The van der Waals surface area contributed by atoms with Gasteiger partial charge in [-0.25, -0.2) is 0 Å². The summed E-state index contributed by atoms with van der Waals surface area (Å²) in [7, 11) is 0. The first kappa shape index (κ1) is 18.8. The van der Waals surface area contributed by atoms with Crippen LogP contribution in [-0.2, 0) is 0 Å². The van der Waals surface area contributed by atoms with E-state index < -0.39 is 0 Å². The summed E-state index contributed by atoms with van der Waals surface area (Å²) in [6, 6.07) is 12.5. The zero-order chi connectivity index (χ0) is 15.4. The van der Waals surface area contributed by atoms with E-state index in [0.29, 0.717) is 28.7 Å². The molecule has 0 unspecified atom stereocenters. The quantitative estimate of drug-likeness (QED) is 0.883. The van der Waals surface area contributed by atoms with E-state index in [-0.39, 0.29) is 18.3 Å². The van der Waals surface area contributed by atoms with Crippen molar-refractivity contribution in [2.24, 2.45) is 5.73 Å². The van der Waals surface area contributed by atoms with E-state index in [2.05, 4.69) is 0 Å². The zero-order valence-electron chi connectivity index (χ0n) is 12.1. The molecule has 3 nitrogen and oxygen atoms in total. The van der Waals surface area contributed by atoms with E-state index in [9.17, 15) is 4.79 Å². The number of nitrogens with zero attached hydrogens (tertiary/aromatic N) is 1. The van der Waals surface area contributed by atoms with Crippen molar-refractivity contribution in [3.63, 3.8) is 0 Å². The summed E-state index contributed by atoms with van der Waals surface area (Å²) in [5.74, 6) is -0.189. The maximum Gasteiger partial charge on any atom is 0.259 e. The third-order valence-electron chi connectivity index (χ3n) is 3.11. The summed E-state index contributed by atoms with van der Waals surface area (Å²) in [4.78, 5) is 14.3. The highest BCUT2D eigenvalue weighted by Gasteiger charge is 2.19. The Bertz CT molecular complexity index is 644. The molecule has 0 bridgehead atoms. The Kier molecular flexibility index (Phi) is 7.17. The predicted octanol–water partition coefficient (Wildman–Crippen LogP) is 4.33. The third kappa shape index (κ3) is 4.37. The number of anilines is 1. The van der Waals surface area contributed by atoms with Gasteiger partial charge in [0.05, 0.1) is 10.6 Å². The summed E-state index contributed by atoms with van der Waals surface area (Å²) >= 11 is 12.0. The topological polar surface area (TPSA) is 46.3 Å². The second kappa shape index (κ2) is 8.39. The van der Waals surface area contributed by atoms with Crippen molar-refractivity contribution in [2.45, 2.75) is 6.92 Å². The molecule has 22 heavy (non-hydrogen) atoms. The van der Waals surface area contributed by atoms with Gasteiger partial charge in [-0.3, -0.25) is 4.79 Å². The van der Waals surface area contributed by atoms with E-state index in [1.165, 1.54) is 0 Å². The summed E-state index contributed by atoms with van der Waals surface area (Å²) in [5, 5.41) is 0.832. The lowest BCUT2D eigenvalue weighted by Gasteiger charge is -2.23. The second-order valence-electron chi connectivity index (χ2n) is 4.71. The van der Waals surface area contributed by atoms with Crippen LogP contribution in [0.4, 0.5) is 5.69 Å². The fourth-order valence-corrected chi connectivity index (χ4v) is 2.50. The van der Waals surface area contributed by atoms with Crippen LogP contribution in [0.3, 0.4) is 0 Å². The number of carbonyl (C=O) groups is 1. The Morgan fingerprint density at radius 1 is 1.14 bits per heavy atom. The average molecular weight is 360 g/mol. The molecule has 1 amide bonds. The summed E-state index contributed by atoms with van der Waals surface area (Å²) in [5.41, 5.74) is 7.96. The Hall–Kier alpha value is -1.26. The molecule has 2 aromatic rings. The van der Waals surface area contributed by atoms with Gasteiger partial charge in [-0.05, 0) is 37.3 Å². The first-order chi connectivity index (χ1) is 10.0. The molecule has 2 aromatic carbocycles. The van der Waals surface area contributed by atoms with Gasteiger partial charge in [0.15, 0.2) is 0 Å². The molecule has 0 aliphatic heterocycles. The van der Waals surface area contributed by atoms with Gasteiger partial charge in [0, 0.05) is 23.8 Å². The van der Waals surface area contributed by atoms with Crippen molar-refractivity contribution in [1.29, 1.82) is 0 Å². The molecule has 0 radical (unpaired) electrons. The van der Waals surface area contributed by atoms with E-state index in [1.54, 1.807) is 23.1 Å². The Balaban J connectivity index is 0.00000242. The van der Waals surface area contributed by atoms with Crippen LogP contribution in [0, 0.1) is 6.92 Å². The molecule has 0 fully saturated rings. The summed E-state index contributed by atoms with van der Waals surface area (Å²) in [6.07, 6.45) is 0.